The van der Waals surface area contributed by atoms with Gasteiger partial charge in [0.2, 0.25) is 0 Å². The first-order chi connectivity index (χ1) is 9.64. The number of ether oxygens (including phenoxy) is 2. The molecule has 1 aromatic carbocycles. The second-order valence-electron chi connectivity index (χ2n) is 5.64. The first-order valence-electron chi connectivity index (χ1n) is 6.55. The third-order valence-electron chi connectivity index (χ3n) is 2.73. The molecule has 0 aromatic heterocycles. The van der Waals surface area contributed by atoms with Crippen LogP contribution in [-0.2, 0) is 9.53 Å². The minimum atomic E-state index is -0.990. The Morgan fingerprint density at radius 3 is 2.38 bits per heavy atom. The number of carbonyl (C=O) groups is 2. The molecule has 116 valence electrons. The number of anilines is 1. The molecular weight excluding hydrogens is 274 g/mol. The van der Waals surface area contributed by atoms with Gasteiger partial charge >= 0.3 is 12.1 Å². The summed E-state index contributed by atoms with van der Waals surface area (Å²) in [6.45, 7) is 6.79. The highest BCUT2D eigenvalue weighted by Crippen LogP contribution is 2.29. The van der Waals surface area contributed by atoms with E-state index in [0.29, 0.717) is 17.0 Å². The number of nitrogens with one attached hydrogen (secondary N) is 1. The molecule has 1 atom stereocenters. The van der Waals surface area contributed by atoms with Crippen LogP contribution in [0.25, 0.3) is 0 Å². The van der Waals surface area contributed by atoms with E-state index in [2.05, 4.69) is 5.32 Å². The van der Waals surface area contributed by atoms with Crippen molar-refractivity contribution in [3.05, 3.63) is 23.8 Å². The van der Waals surface area contributed by atoms with Crippen LogP contribution in [0.15, 0.2) is 18.2 Å². The summed E-state index contributed by atoms with van der Waals surface area (Å²) in [5.74, 6) is -1.26. The van der Waals surface area contributed by atoms with Crippen molar-refractivity contribution >= 4 is 17.7 Å². The molecule has 0 radical (unpaired) electrons. The zero-order valence-electron chi connectivity index (χ0n) is 12.9. The molecule has 0 aliphatic heterocycles. The summed E-state index contributed by atoms with van der Waals surface area (Å²) in [6, 6.07) is 4.83. The number of amides is 1. The van der Waals surface area contributed by atoms with Gasteiger partial charge in [-0.25, -0.2) is 4.79 Å². The number of carbonyl (C=O) groups excluding carboxylic acids is 1. The Labute approximate surface area is 124 Å². The largest absolute Gasteiger partial charge is 0.497 e. The smallest absolute Gasteiger partial charge is 0.412 e. The van der Waals surface area contributed by atoms with Gasteiger partial charge in [0.25, 0.3) is 0 Å². The number of carboxylic acids is 1. The van der Waals surface area contributed by atoms with Crippen LogP contribution in [0.5, 0.6) is 5.75 Å². The predicted molar refractivity (Wildman–Crippen MR) is 78.9 cm³/mol. The summed E-state index contributed by atoms with van der Waals surface area (Å²) in [5, 5.41) is 11.7. The Kier molecular flexibility index (Phi) is 5.18. The van der Waals surface area contributed by atoms with Crippen LogP contribution in [0.3, 0.4) is 0 Å². The second kappa shape index (κ2) is 6.47. The van der Waals surface area contributed by atoms with Gasteiger partial charge in [0.15, 0.2) is 0 Å². The van der Waals surface area contributed by atoms with E-state index in [1.54, 1.807) is 39.0 Å². The quantitative estimate of drug-likeness (QED) is 0.890. The number of hydrogen-bond acceptors (Lipinski definition) is 4. The Morgan fingerprint density at radius 1 is 1.29 bits per heavy atom. The van der Waals surface area contributed by atoms with Gasteiger partial charge in [-0.3, -0.25) is 10.1 Å². The average molecular weight is 295 g/mol. The van der Waals surface area contributed by atoms with Crippen molar-refractivity contribution in [2.75, 3.05) is 12.4 Å². The fourth-order valence-corrected chi connectivity index (χ4v) is 1.69. The van der Waals surface area contributed by atoms with Gasteiger partial charge in [0.05, 0.1) is 13.0 Å². The highest BCUT2D eigenvalue weighted by Gasteiger charge is 2.22. The Balaban J connectivity index is 3.06. The van der Waals surface area contributed by atoms with Gasteiger partial charge in [-0.15, -0.1) is 0 Å². The first kappa shape index (κ1) is 16.8. The van der Waals surface area contributed by atoms with Crippen molar-refractivity contribution < 1.29 is 24.2 Å². The molecule has 0 bridgehead atoms. The molecule has 0 aliphatic rings. The Morgan fingerprint density at radius 2 is 1.90 bits per heavy atom. The molecule has 2 N–H and O–H groups in total. The van der Waals surface area contributed by atoms with E-state index in [4.69, 9.17) is 14.6 Å². The number of benzene rings is 1. The monoisotopic (exact) mass is 295 g/mol. The minimum Gasteiger partial charge on any atom is -0.497 e. The van der Waals surface area contributed by atoms with Crippen molar-refractivity contribution in [2.24, 2.45) is 0 Å². The van der Waals surface area contributed by atoms with Crippen molar-refractivity contribution in [3.8, 4) is 5.75 Å². The molecule has 1 unspecified atom stereocenters. The van der Waals surface area contributed by atoms with Crippen LogP contribution in [0.4, 0.5) is 10.5 Å². The van der Waals surface area contributed by atoms with E-state index in [9.17, 15) is 9.59 Å². The summed E-state index contributed by atoms with van der Waals surface area (Å²) < 4.78 is 10.3. The maximum atomic E-state index is 11.8. The van der Waals surface area contributed by atoms with Gasteiger partial charge in [-0.05, 0) is 51.5 Å². The third-order valence-corrected chi connectivity index (χ3v) is 2.73. The average Bonchev–Trinajstić information content (AvgIpc) is 2.35. The van der Waals surface area contributed by atoms with E-state index >= 15 is 0 Å². The molecule has 0 fully saturated rings. The lowest BCUT2D eigenvalue weighted by Gasteiger charge is -2.21. The van der Waals surface area contributed by atoms with Gasteiger partial charge in [0, 0.05) is 5.69 Å². The number of aliphatic carboxylic acids is 1. The molecule has 6 nitrogen and oxygen atoms in total. The molecule has 0 saturated heterocycles. The summed E-state index contributed by atoms with van der Waals surface area (Å²) >= 11 is 0. The van der Waals surface area contributed by atoms with Crippen molar-refractivity contribution in [3.63, 3.8) is 0 Å². The topological polar surface area (TPSA) is 84.9 Å². The lowest BCUT2D eigenvalue weighted by Crippen LogP contribution is -2.27. The molecule has 0 spiro atoms. The van der Waals surface area contributed by atoms with E-state index < -0.39 is 23.6 Å². The van der Waals surface area contributed by atoms with Crippen molar-refractivity contribution in [1.82, 2.24) is 0 Å². The standard InChI is InChI=1S/C15H21NO5/c1-9(13(17)18)11-8-10(20-5)6-7-12(11)16-14(19)21-15(2,3)4/h6-9H,1-5H3,(H,16,19)(H,17,18). The van der Waals surface area contributed by atoms with Crippen molar-refractivity contribution in [2.45, 2.75) is 39.2 Å². The normalized spacial score (nSPS) is 12.4. The van der Waals surface area contributed by atoms with Crippen LogP contribution in [0.1, 0.15) is 39.2 Å². The number of methoxy groups -OCH3 is 1. The molecule has 1 aromatic rings. The zero-order chi connectivity index (χ0) is 16.2. The SMILES string of the molecule is COc1ccc(NC(=O)OC(C)(C)C)c(C(C)C(=O)O)c1. The number of carboxylic acid groups (broad SMARTS) is 1. The van der Waals surface area contributed by atoms with Crippen LogP contribution in [-0.4, -0.2) is 29.9 Å². The molecule has 6 heteroatoms. The molecule has 0 heterocycles. The van der Waals surface area contributed by atoms with E-state index in [1.807, 2.05) is 0 Å². The molecular formula is C15H21NO5. The van der Waals surface area contributed by atoms with Crippen LogP contribution >= 0.6 is 0 Å². The van der Waals surface area contributed by atoms with E-state index in [0.717, 1.165) is 0 Å². The number of rotatable bonds is 4. The molecule has 1 rings (SSSR count). The fourth-order valence-electron chi connectivity index (χ4n) is 1.69. The minimum absolute atomic E-state index is 0.389. The van der Waals surface area contributed by atoms with Gasteiger partial charge < -0.3 is 14.6 Å². The maximum absolute atomic E-state index is 11.8. The van der Waals surface area contributed by atoms with Crippen LogP contribution in [0.2, 0.25) is 0 Å². The zero-order valence-corrected chi connectivity index (χ0v) is 12.9. The lowest BCUT2D eigenvalue weighted by atomic mass is 9.99. The van der Waals surface area contributed by atoms with E-state index in [-0.39, 0.29) is 0 Å². The van der Waals surface area contributed by atoms with Gasteiger partial charge in [-0.2, -0.15) is 0 Å². The highest BCUT2D eigenvalue weighted by molar-refractivity contribution is 5.88. The van der Waals surface area contributed by atoms with Gasteiger partial charge in [0.1, 0.15) is 11.4 Å². The molecule has 1 amide bonds. The lowest BCUT2D eigenvalue weighted by molar-refractivity contribution is -0.138. The molecule has 0 saturated carbocycles. The Bertz CT molecular complexity index is 533. The first-order valence-corrected chi connectivity index (χ1v) is 6.55. The number of hydrogen-bond donors (Lipinski definition) is 2. The third kappa shape index (κ3) is 4.98. The fraction of sp³-hybridized carbons (Fsp3) is 0.467. The summed E-state index contributed by atoms with van der Waals surface area (Å²) in [6.07, 6.45) is -0.633. The van der Waals surface area contributed by atoms with E-state index in [1.165, 1.54) is 14.0 Å². The summed E-state index contributed by atoms with van der Waals surface area (Å²) in [5.41, 5.74) is 0.211. The summed E-state index contributed by atoms with van der Waals surface area (Å²) in [4.78, 5) is 23.0. The summed E-state index contributed by atoms with van der Waals surface area (Å²) in [7, 11) is 1.49. The van der Waals surface area contributed by atoms with Gasteiger partial charge in [-0.1, -0.05) is 0 Å². The predicted octanol–water partition coefficient (Wildman–Crippen LogP) is 3.23. The molecule has 0 aliphatic carbocycles. The van der Waals surface area contributed by atoms with Crippen LogP contribution in [0, 0.1) is 0 Å². The maximum Gasteiger partial charge on any atom is 0.412 e. The van der Waals surface area contributed by atoms with Crippen molar-refractivity contribution in [1.29, 1.82) is 0 Å². The second-order valence-corrected chi connectivity index (χ2v) is 5.64. The Hall–Kier alpha value is -2.24. The molecule has 21 heavy (non-hydrogen) atoms. The highest BCUT2D eigenvalue weighted by atomic mass is 16.6. The van der Waals surface area contributed by atoms with Crippen LogP contribution < -0.4 is 10.1 Å².